The zero-order valence-electron chi connectivity index (χ0n) is 18.7. The fourth-order valence-electron chi connectivity index (χ4n) is 3.44. The lowest BCUT2D eigenvalue weighted by Crippen LogP contribution is -2.47. The largest absolute Gasteiger partial charge is 0.296 e. The molecule has 0 saturated heterocycles. The third-order valence-electron chi connectivity index (χ3n) is 5.97. The Labute approximate surface area is 169 Å². The van der Waals surface area contributed by atoms with Crippen LogP contribution in [-0.4, -0.2) is 24.5 Å². The van der Waals surface area contributed by atoms with Gasteiger partial charge in [0.25, 0.3) is 0 Å². The minimum absolute atomic E-state index is 0.177. The zero-order valence-corrected chi connectivity index (χ0v) is 18.7. The molecule has 1 aromatic rings. The topological polar surface area (TPSA) is 24.7 Å². The molecule has 0 fully saturated rings. The summed E-state index contributed by atoms with van der Waals surface area (Å²) < 4.78 is 14.9. The smallest absolute Gasteiger partial charge is 0.127 e. The summed E-state index contributed by atoms with van der Waals surface area (Å²) in [5.74, 6) is -0.177. The summed E-state index contributed by atoms with van der Waals surface area (Å²) in [6.07, 6.45) is 6.06. The van der Waals surface area contributed by atoms with E-state index in [0.717, 1.165) is 28.0 Å². The van der Waals surface area contributed by atoms with Crippen LogP contribution in [0.15, 0.2) is 62.6 Å². The second-order valence-corrected chi connectivity index (χ2v) is 8.87. The van der Waals surface area contributed by atoms with Crippen molar-refractivity contribution in [3.63, 3.8) is 0 Å². The van der Waals surface area contributed by atoms with Gasteiger partial charge in [0.15, 0.2) is 0 Å². The maximum absolute atomic E-state index is 14.9. The van der Waals surface area contributed by atoms with Crippen LogP contribution in [0.1, 0.15) is 66.5 Å². The van der Waals surface area contributed by atoms with Gasteiger partial charge in [0, 0.05) is 35.4 Å². The SMILES string of the molecule is C\N=C/C(=C\C(C)=C\C(C)=C(C)C)C1=NC(C)(C)C(C)(C)c2c(F)cccc21. The van der Waals surface area contributed by atoms with Crippen molar-refractivity contribution in [2.45, 2.75) is 66.3 Å². The Kier molecular flexibility index (Phi) is 6.27. The van der Waals surface area contributed by atoms with E-state index in [0.29, 0.717) is 0 Å². The molecule has 1 heterocycles. The molecule has 0 radical (unpaired) electrons. The number of nitrogens with zero attached hydrogens (tertiary/aromatic N) is 2. The predicted octanol–water partition coefficient (Wildman–Crippen LogP) is 6.61. The van der Waals surface area contributed by atoms with Crippen molar-refractivity contribution < 1.29 is 4.39 Å². The van der Waals surface area contributed by atoms with Crippen molar-refractivity contribution in [2.24, 2.45) is 9.98 Å². The Morgan fingerprint density at radius 1 is 1.04 bits per heavy atom. The van der Waals surface area contributed by atoms with Crippen LogP contribution in [0.3, 0.4) is 0 Å². The van der Waals surface area contributed by atoms with E-state index < -0.39 is 11.0 Å². The van der Waals surface area contributed by atoms with Crippen LogP contribution in [0.25, 0.3) is 0 Å². The number of aliphatic imine (C=N–C) groups is 2. The Morgan fingerprint density at radius 2 is 1.68 bits per heavy atom. The third kappa shape index (κ3) is 4.09. The summed E-state index contributed by atoms with van der Waals surface area (Å²) in [7, 11) is 1.75. The second-order valence-electron chi connectivity index (χ2n) is 8.87. The number of halogens is 1. The molecule has 3 heteroatoms. The highest BCUT2D eigenvalue weighted by atomic mass is 19.1. The molecule has 150 valence electrons. The van der Waals surface area contributed by atoms with Crippen molar-refractivity contribution in [1.29, 1.82) is 0 Å². The highest BCUT2D eigenvalue weighted by molar-refractivity contribution is 6.25. The van der Waals surface area contributed by atoms with Gasteiger partial charge in [-0.3, -0.25) is 9.98 Å². The molecule has 0 amide bonds. The van der Waals surface area contributed by atoms with Crippen molar-refractivity contribution in [1.82, 2.24) is 0 Å². The van der Waals surface area contributed by atoms with Crippen LogP contribution in [0.2, 0.25) is 0 Å². The van der Waals surface area contributed by atoms with E-state index in [9.17, 15) is 4.39 Å². The van der Waals surface area contributed by atoms with Crippen LogP contribution in [0.4, 0.5) is 4.39 Å². The van der Waals surface area contributed by atoms with Crippen LogP contribution >= 0.6 is 0 Å². The highest BCUT2D eigenvalue weighted by Gasteiger charge is 2.45. The highest BCUT2D eigenvalue weighted by Crippen LogP contribution is 2.44. The zero-order chi connectivity index (χ0) is 21.3. The average molecular weight is 381 g/mol. The summed E-state index contributed by atoms with van der Waals surface area (Å²) in [4.78, 5) is 9.34. The number of hydrogen-bond acceptors (Lipinski definition) is 2. The first-order valence-electron chi connectivity index (χ1n) is 9.78. The van der Waals surface area contributed by atoms with Crippen LogP contribution in [-0.2, 0) is 5.41 Å². The van der Waals surface area contributed by atoms with E-state index in [1.54, 1.807) is 19.2 Å². The van der Waals surface area contributed by atoms with Gasteiger partial charge in [-0.05, 0) is 53.7 Å². The average Bonchev–Trinajstić information content (AvgIpc) is 2.57. The molecule has 0 atom stereocenters. The van der Waals surface area contributed by atoms with Gasteiger partial charge in [-0.15, -0.1) is 0 Å². The predicted molar refractivity (Wildman–Crippen MR) is 120 cm³/mol. The monoisotopic (exact) mass is 380 g/mol. The minimum atomic E-state index is -0.453. The van der Waals surface area contributed by atoms with Gasteiger partial charge in [-0.25, -0.2) is 4.39 Å². The summed E-state index contributed by atoms with van der Waals surface area (Å²) in [6, 6.07) is 5.26. The molecule has 2 rings (SSSR count). The lowest BCUT2D eigenvalue weighted by atomic mass is 9.65. The number of rotatable bonds is 4. The third-order valence-corrected chi connectivity index (χ3v) is 5.97. The quantitative estimate of drug-likeness (QED) is 0.414. The lowest BCUT2D eigenvalue weighted by molar-refractivity contribution is 0.294. The number of hydrogen-bond donors (Lipinski definition) is 0. The van der Waals surface area contributed by atoms with E-state index in [1.807, 2.05) is 12.3 Å². The first-order valence-corrected chi connectivity index (χ1v) is 9.78. The van der Waals surface area contributed by atoms with Gasteiger partial charge in [-0.2, -0.15) is 0 Å². The molecule has 0 saturated carbocycles. The standard InChI is InChI=1S/C25H33FN2/c1-16(2)18(4)13-17(3)14-19(15-27-9)23-20-11-10-12-21(26)22(20)24(5,6)25(7,8)28-23/h10-15H,1-9H3/b17-13+,19-14+,27-15-. The molecule has 0 spiro atoms. The van der Waals surface area contributed by atoms with E-state index >= 15 is 0 Å². The van der Waals surface area contributed by atoms with Crippen LogP contribution < -0.4 is 0 Å². The fraction of sp³-hybridized carbons (Fsp3) is 0.440. The molecule has 0 N–H and O–H groups in total. The minimum Gasteiger partial charge on any atom is -0.296 e. The van der Waals surface area contributed by atoms with Crippen LogP contribution in [0.5, 0.6) is 0 Å². The number of allylic oxidation sites excluding steroid dienone is 6. The fourth-order valence-corrected chi connectivity index (χ4v) is 3.44. The van der Waals surface area contributed by atoms with Gasteiger partial charge in [0.1, 0.15) is 5.82 Å². The Hall–Kier alpha value is -2.29. The molecular formula is C25H33FN2. The van der Waals surface area contributed by atoms with Gasteiger partial charge < -0.3 is 0 Å². The van der Waals surface area contributed by atoms with E-state index in [-0.39, 0.29) is 5.82 Å². The Bertz CT molecular complexity index is 918. The van der Waals surface area contributed by atoms with Crippen molar-refractivity contribution >= 4 is 11.9 Å². The summed E-state index contributed by atoms with van der Waals surface area (Å²) in [5.41, 5.74) is 6.02. The first-order chi connectivity index (χ1) is 12.9. The molecular weight excluding hydrogens is 347 g/mol. The molecule has 1 aliphatic heterocycles. The molecule has 0 aliphatic carbocycles. The molecule has 0 unspecified atom stereocenters. The van der Waals surface area contributed by atoms with Gasteiger partial charge in [0.05, 0.1) is 11.3 Å². The maximum atomic E-state index is 14.9. The van der Waals surface area contributed by atoms with Gasteiger partial charge >= 0.3 is 0 Å². The molecule has 28 heavy (non-hydrogen) atoms. The first kappa shape index (κ1) is 22.0. The molecule has 1 aliphatic rings. The van der Waals surface area contributed by atoms with Crippen molar-refractivity contribution in [3.8, 4) is 0 Å². The van der Waals surface area contributed by atoms with Crippen molar-refractivity contribution in [2.75, 3.05) is 7.05 Å². The molecule has 0 aromatic heterocycles. The number of fused-ring (bicyclic) bond motifs is 1. The number of benzene rings is 1. The normalized spacial score (nSPS) is 18.7. The Balaban J connectivity index is 2.76. The van der Waals surface area contributed by atoms with Gasteiger partial charge in [0.2, 0.25) is 0 Å². The molecule has 0 bridgehead atoms. The second kappa shape index (κ2) is 7.98. The summed E-state index contributed by atoms with van der Waals surface area (Å²) >= 11 is 0. The Morgan fingerprint density at radius 3 is 2.25 bits per heavy atom. The van der Waals surface area contributed by atoms with E-state index in [1.165, 1.54) is 11.1 Å². The van der Waals surface area contributed by atoms with Crippen LogP contribution in [0, 0.1) is 5.82 Å². The van der Waals surface area contributed by atoms with E-state index in [4.69, 9.17) is 4.99 Å². The van der Waals surface area contributed by atoms with Gasteiger partial charge in [-0.1, -0.05) is 48.8 Å². The summed E-state index contributed by atoms with van der Waals surface area (Å²) in [6.45, 7) is 16.7. The van der Waals surface area contributed by atoms with E-state index in [2.05, 4.69) is 72.5 Å². The lowest BCUT2D eigenvalue weighted by Gasteiger charge is -2.44. The summed E-state index contributed by atoms with van der Waals surface area (Å²) in [5, 5.41) is 0. The van der Waals surface area contributed by atoms with Crippen molar-refractivity contribution in [3.05, 3.63) is 69.6 Å². The molecule has 1 aromatic carbocycles. The molecule has 2 nitrogen and oxygen atoms in total. The maximum Gasteiger partial charge on any atom is 0.127 e.